The van der Waals surface area contributed by atoms with Crippen molar-refractivity contribution in [2.75, 3.05) is 0 Å². The summed E-state index contributed by atoms with van der Waals surface area (Å²) in [4.78, 5) is 11.3. The lowest BCUT2D eigenvalue weighted by Gasteiger charge is -2.34. The molecule has 2 rings (SSSR count). The number of nitro groups is 1. The highest BCUT2D eigenvalue weighted by Gasteiger charge is 2.26. The van der Waals surface area contributed by atoms with E-state index in [-0.39, 0.29) is 9.92 Å². The van der Waals surface area contributed by atoms with Crippen molar-refractivity contribution in [3.05, 3.63) is 27.1 Å². The molecule has 18 heavy (non-hydrogen) atoms. The first-order chi connectivity index (χ1) is 8.46. The summed E-state index contributed by atoms with van der Waals surface area (Å²) in [6.45, 7) is 5.40. The highest BCUT2D eigenvalue weighted by molar-refractivity contribution is 7.15. The first-order valence-electron chi connectivity index (χ1n) is 6.43. The van der Waals surface area contributed by atoms with Crippen molar-refractivity contribution >= 4 is 16.3 Å². The molecule has 0 saturated heterocycles. The Morgan fingerprint density at radius 2 is 2.11 bits per heavy atom. The van der Waals surface area contributed by atoms with Crippen LogP contribution in [0.5, 0.6) is 0 Å². The van der Waals surface area contributed by atoms with Gasteiger partial charge in [-0.1, -0.05) is 25.2 Å². The molecule has 0 bridgehead atoms. The van der Waals surface area contributed by atoms with E-state index in [1.807, 2.05) is 6.07 Å². The molecule has 1 fully saturated rings. The molecule has 0 unspecified atom stereocenters. The average Bonchev–Trinajstić information content (AvgIpc) is 2.76. The van der Waals surface area contributed by atoms with Crippen LogP contribution in [-0.4, -0.2) is 11.0 Å². The Labute approximate surface area is 112 Å². The highest BCUT2D eigenvalue weighted by atomic mass is 32.1. The second-order valence-electron chi connectivity index (χ2n) is 5.82. The Morgan fingerprint density at radius 1 is 1.44 bits per heavy atom. The fraction of sp³-hybridized carbons (Fsp3) is 0.692. The zero-order valence-electron chi connectivity index (χ0n) is 10.9. The topological polar surface area (TPSA) is 55.2 Å². The summed E-state index contributed by atoms with van der Waals surface area (Å²) in [6.07, 6.45) is 4.94. The van der Waals surface area contributed by atoms with Crippen LogP contribution in [0.3, 0.4) is 0 Å². The van der Waals surface area contributed by atoms with E-state index >= 15 is 0 Å². The van der Waals surface area contributed by atoms with Gasteiger partial charge in [-0.3, -0.25) is 10.1 Å². The van der Waals surface area contributed by atoms with Crippen molar-refractivity contribution in [2.24, 2.45) is 5.41 Å². The van der Waals surface area contributed by atoms with Gasteiger partial charge in [-0.2, -0.15) is 0 Å². The molecule has 5 heteroatoms. The van der Waals surface area contributed by atoms with Gasteiger partial charge in [0.15, 0.2) is 0 Å². The fourth-order valence-electron chi connectivity index (χ4n) is 2.41. The Balaban J connectivity index is 1.79. The maximum atomic E-state index is 10.6. The largest absolute Gasteiger partial charge is 0.324 e. The summed E-state index contributed by atoms with van der Waals surface area (Å²) in [5.41, 5.74) is 0.486. The number of thiophene rings is 1. The number of hydrogen-bond acceptors (Lipinski definition) is 4. The van der Waals surface area contributed by atoms with Crippen molar-refractivity contribution in [3.8, 4) is 0 Å². The van der Waals surface area contributed by atoms with Crippen LogP contribution in [-0.2, 0) is 6.54 Å². The smallest absolute Gasteiger partial charge is 0.309 e. The zero-order valence-corrected chi connectivity index (χ0v) is 11.8. The molecule has 1 aliphatic rings. The lowest BCUT2D eigenvalue weighted by molar-refractivity contribution is -0.380. The van der Waals surface area contributed by atoms with Crippen molar-refractivity contribution in [1.29, 1.82) is 0 Å². The van der Waals surface area contributed by atoms with E-state index in [0.717, 1.165) is 11.4 Å². The Hall–Kier alpha value is -0.940. The number of nitrogens with one attached hydrogen (secondary N) is 1. The van der Waals surface area contributed by atoms with E-state index in [1.54, 1.807) is 6.07 Å². The van der Waals surface area contributed by atoms with E-state index in [2.05, 4.69) is 19.2 Å². The summed E-state index contributed by atoms with van der Waals surface area (Å²) >= 11 is 1.27. The molecule has 0 radical (unpaired) electrons. The molecule has 0 aliphatic heterocycles. The van der Waals surface area contributed by atoms with Gasteiger partial charge < -0.3 is 5.32 Å². The van der Waals surface area contributed by atoms with Crippen LogP contribution in [0.1, 0.15) is 44.4 Å². The maximum Gasteiger partial charge on any atom is 0.324 e. The second-order valence-corrected chi connectivity index (χ2v) is 6.96. The minimum atomic E-state index is -0.322. The van der Waals surface area contributed by atoms with Crippen molar-refractivity contribution < 1.29 is 4.92 Å². The summed E-state index contributed by atoms with van der Waals surface area (Å²) in [7, 11) is 0. The quantitative estimate of drug-likeness (QED) is 0.669. The summed E-state index contributed by atoms with van der Waals surface area (Å²) in [5, 5.41) is 14.3. The average molecular weight is 268 g/mol. The summed E-state index contributed by atoms with van der Waals surface area (Å²) in [6, 6.07) is 4.01. The fourth-order valence-corrected chi connectivity index (χ4v) is 3.18. The molecule has 1 heterocycles. The van der Waals surface area contributed by atoms with Crippen LogP contribution < -0.4 is 5.32 Å². The van der Waals surface area contributed by atoms with Crippen LogP contribution in [0.25, 0.3) is 0 Å². The first kappa shape index (κ1) is 13.5. The lowest BCUT2D eigenvalue weighted by Crippen LogP contribution is -2.34. The van der Waals surface area contributed by atoms with E-state index in [4.69, 9.17) is 0 Å². The monoisotopic (exact) mass is 268 g/mol. The van der Waals surface area contributed by atoms with Gasteiger partial charge in [-0.05, 0) is 37.2 Å². The number of rotatable bonds is 4. The zero-order chi connectivity index (χ0) is 13.2. The van der Waals surface area contributed by atoms with Gasteiger partial charge in [0.25, 0.3) is 0 Å². The molecule has 0 atom stereocenters. The Bertz CT molecular complexity index is 418. The van der Waals surface area contributed by atoms with E-state index in [1.165, 1.54) is 37.0 Å². The van der Waals surface area contributed by atoms with Gasteiger partial charge in [0.05, 0.1) is 4.92 Å². The molecular formula is C13H20N2O2S. The maximum absolute atomic E-state index is 10.6. The first-order valence-corrected chi connectivity index (χ1v) is 7.24. The van der Waals surface area contributed by atoms with E-state index in [9.17, 15) is 10.1 Å². The van der Waals surface area contributed by atoms with Crippen LogP contribution in [0.15, 0.2) is 12.1 Å². The standard InChI is InChI=1S/C13H20N2O2S/c1-13(2)7-5-10(6-8-13)14-9-11-3-4-12(18-11)15(16)17/h3-4,10,14H,5-9H2,1-2H3. The van der Waals surface area contributed by atoms with Gasteiger partial charge in [0, 0.05) is 23.5 Å². The number of nitrogens with zero attached hydrogens (tertiary/aromatic N) is 1. The molecule has 0 spiro atoms. The van der Waals surface area contributed by atoms with Gasteiger partial charge in [-0.25, -0.2) is 0 Å². The summed E-state index contributed by atoms with van der Waals surface area (Å²) < 4.78 is 0. The normalized spacial score (nSPS) is 19.9. The van der Waals surface area contributed by atoms with Crippen LogP contribution in [0.2, 0.25) is 0 Å². The Kier molecular flexibility index (Phi) is 4.02. The SMILES string of the molecule is CC1(C)CCC(NCc2ccc([N+](=O)[O-])s2)CC1. The van der Waals surface area contributed by atoms with E-state index < -0.39 is 0 Å². The third-order valence-electron chi connectivity index (χ3n) is 3.73. The van der Waals surface area contributed by atoms with Gasteiger partial charge >= 0.3 is 5.00 Å². The molecule has 1 aromatic rings. The minimum Gasteiger partial charge on any atom is -0.309 e. The van der Waals surface area contributed by atoms with Crippen LogP contribution in [0, 0.1) is 15.5 Å². The van der Waals surface area contributed by atoms with E-state index in [0.29, 0.717) is 11.5 Å². The molecule has 0 amide bonds. The number of hydrogen-bond donors (Lipinski definition) is 1. The van der Waals surface area contributed by atoms with Gasteiger partial charge in [0.1, 0.15) is 0 Å². The molecular weight excluding hydrogens is 248 g/mol. The predicted octanol–water partition coefficient (Wildman–Crippen LogP) is 3.71. The van der Waals surface area contributed by atoms with Crippen molar-refractivity contribution in [3.63, 3.8) is 0 Å². The Morgan fingerprint density at radius 3 is 2.67 bits per heavy atom. The minimum absolute atomic E-state index is 0.233. The third kappa shape index (κ3) is 3.53. The van der Waals surface area contributed by atoms with Crippen LogP contribution in [0.4, 0.5) is 5.00 Å². The summed E-state index contributed by atoms with van der Waals surface area (Å²) in [5.74, 6) is 0. The third-order valence-corrected chi connectivity index (χ3v) is 4.77. The molecule has 1 aromatic heterocycles. The molecule has 4 nitrogen and oxygen atoms in total. The molecule has 1 aliphatic carbocycles. The van der Waals surface area contributed by atoms with Crippen molar-refractivity contribution in [1.82, 2.24) is 5.32 Å². The predicted molar refractivity (Wildman–Crippen MR) is 73.9 cm³/mol. The highest BCUT2D eigenvalue weighted by Crippen LogP contribution is 2.35. The molecule has 100 valence electrons. The van der Waals surface area contributed by atoms with Gasteiger partial charge in [0.2, 0.25) is 0 Å². The molecule has 1 saturated carbocycles. The van der Waals surface area contributed by atoms with Gasteiger partial charge in [-0.15, -0.1) is 0 Å². The second kappa shape index (κ2) is 5.36. The van der Waals surface area contributed by atoms with Crippen LogP contribution >= 0.6 is 11.3 Å². The molecule has 1 N–H and O–H groups in total. The molecule has 0 aromatic carbocycles. The van der Waals surface area contributed by atoms with Crippen molar-refractivity contribution in [2.45, 2.75) is 52.1 Å². The lowest BCUT2D eigenvalue weighted by atomic mass is 9.75.